The Balaban J connectivity index is 2.24. The number of fused-ring (bicyclic) bond motifs is 1. The molecule has 0 saturated heterocycles. The van der Waals surface area contributed by atoms with Crippen molar-refractivity contribution in [2.75, 3.05) is 6.61 Å². The summed E-state index contributed by atoms with van der Waals surface area (Å²) in [6, 6.07) is 6.36. The number of hydrogen-bond donors (Lipinski definition) is 1. The topological polar surface area (TPSA) is 78.8 Å². The van der Waals surface area contributed by atoms with Gasteiger partial charge in [0.25, 0.3) is 0 Å². The molecule has 0 aliphatic heterocycles. The Bertz CT molecular complexity index is 1050. The number of nitriles is 1. The quantitative estimate of drug-likeness (QED) is 0.620. The second-order valence-corrected chi connectivity index (χ2v) is 8.00. The highest BCUT2D eigenvalue weighted by Gasteiger charge is 2.22. The molecule has 0 atom stereocenters. The number of aryl methyl sites for hydroxylation is 2. The number of hydrogen-bond acceptors (Lipinski definition) is 5. The molecule has 3 aromatic rings. The van der Waals surface area contributed by atoms with E-state index in [9.17, 15) is 10.1 Å². The average molecular weight is 382 g/mol. The smallest absolute Gasteiger partial charge is 0.350 e. The molecular formula is C21H23N3O2S. The third kappa shape index (κ3) is 3.47. The monoisotopic (exact) mass is 381 g/mol. The number of benzene rings is 1. The largest absolute Gasteiger partial charge is 0.462 e. The molecule has 1 aromatic carbocycles. The second-order valence-electron chi connectivity index (χ2n) is 7.00. The minimum atomic E-state index is -0.333. The Labute approximate surface area is 163 Å². The molecule has 6 heteroatoms. The number of thiazole rings is 1. The summed E-state index contributed by atoms with van der Waals surface area (Å²) in [7, 11) is 0. The highest BCUT2D eigenvalue weighted by Crippen LogP contribution is 2.37. The number of rotatable bonds is 5. The van der Waals surface area contributed by atoms with Crippen LogP contribution >= 0.6 is 11.3 Å². The molecule has 0 amide bonds. The molecule has 140 valence electrons. The lowest BCUT2D eigenvalue weighted by Gasteiger charge is -2.12. The molecule has 2 aromatic heterocycles. The molecule has 2 heterocycles. The van der Waals surface area contributed by atoms with Crippen molar-refractivity contribution in [2.24, 2.45) is 5.92 Å². The zero-order chi connectivity index (χ0) is 19.7. The van der Waals surface area contributed by atoms with E-state index in [0.717, 1.165) is 39.2 Å². The first-order valence-corrected chi connectivity index (χ1v) is 9.88. The summed E-state index contributed by atoms with van der Waals surface area (Å²) in [5, 5.41) is 11.4. The van der Waals surface area contributed by atoms with Crippen molar-refractivity contribution in [3.8, 4) is 16.6 Å². The summed E-state index contributed by atoms with van der Waals surface area (Å²) in [5.74, 6) is 0.0853. The van der Waals surface area contributed by atoms with Gasteiger partial charge in [-0.15, -0.1) is 11.3 Å². The van der Waals surface area contributed by atoms with Crippen LogP contribution in [0, 0.1) is 31.1 Å². The molecule has 5 nitrogen and oxygen atoms in total. The number of carbonyl (C=O) groups is 1. The van der Waals surface area contributed by atoms with Gasteiger partial charge >= 0.3 is 5.97 Å². The maximum atomic E-state index is 12.2. The third-order valence-corrected chi connectivity index (χ3v) is 5.64. The van der Waals surface area contributed by atoms with E-state index in [4.69, 9.17) is 4.74 Å². The Kier molecular flexibility index (Phi) is 5.33. The van der Waals surface area contributed by atoms with Crippen LogP contribution < -0.4 is 0 Å². The molecule has 1 N–H and O–H groups in total. The summed E-state index contributed by atoms with van der Waals surface area (Å²) < 4.78 is 5.15. The van der Waals surface area contributed by atoms with Gasteiger partial charge in [-0.25, -0.2) is 9.78 Å². The summed E-state index contributed by atoms with van der Waals surface area (Å²) in [6.07, 6.45) is 0.825. The van der Waals surface area contributed by atoms with Gasteiger partial charge in [-0.3, -0.25) is 0 Å². The molecule has 0 bridgehead atoms. The Hall–Kier alpha value is -2.65. The van der Waals surface area contributed by atoms with Crippen LogP contribution in [0.15, 0.2) is 12.1 Å². The number of aromatic amines is 1. The molecular weight excluding hydrogens is 358 g/mol. The van der Waals surface area contributed by atoms with Crippen molar-refractivity contribution in [3.05, 3.63) is 39.5 Å². The summed E-state index contributed by atoms with van der Waals surface area (Å²) in [4.78, 5) is 20.7. The SMILES string of the molecule is CCOC(=O)c1sc(-c2ccc3[nH]c(C)c(C#N)c3c2CC(C)C)nc1C. The number of nitrogens with zero attached hydrogens (tertiary/aromatic N) is 2. The maximum absolute atomic E-state index is 12.2. The van der Waals surface area contributed by atoms with Gasteiger partial charge in [-0.1, -0.05) is 13.8 Å². The molecule has 3 rings (SSSR count). The molecule has 0 aliphatic rings. The highest BCUT2D eigenvalue weighted by molar-refractivity contribution is 7.17. The zero-order valence-corrected chi connectivity index (χ0v) is 17.1. The first-order chi connectivity index (χ1) is 12.9. The van der Waals surface area contributed by atoms with Gasteiger partial charge in [0.2, 0.25) is 0 Å². The van der Waals surface area contributed by atoms with Crippen molar-refractivity contribution in [1.82, 2.24) is 9.97 Å². The molecule has 0 unspecified atom stereocenters. The van der Waals surface area contributed by atoms with Crippen molar-refractivity contribution in [2.45, 2.75) is 41.0 Å². The minimum Gasteiger partial charge on any atom is -0.462 e. The normalized spacial score (nSPS) is 11.1. The van der Waals surface area contributed by atoms with Gasteiger partial charge in [-0.05, 0) is 50.8 Å². The van der Waals surface area contributed by atoms with E-state index in [1.54, 1.807) is 6.92 Å². The molecule has 0 fully saturated rings. The van der Waals surface area contributed by atoms with Crippen LogP contribution in [0.3, 0.4) is 0 Å². The summed E-state index contributed by atoms with van der Waals surface area (Å²) >= 11 is 1.35. The molecule has 0 spiro atoms. The Morgan fingerprint density at radius 2 is 2.11 bits per heavy atom. The lowest BCUT2D eigenvalue weighted by molar-refractivity contribution is 0.0531. The number of nitrogens with one attached hydrogen (secondary N) is 1. The van der Waals surface area contributed by atoms with Crippen LogP contribution in [-0.2, 0) is 11.2 Å². The first kappa shape index (κ1) is 19.1. The second kappa shape index (κ2) is 7.53. The number of H-pyrrole nitrogens is 1. The lowest BCUT2D eigenvalue weighted by Crippen LogP contribution is -2.03. The maximum Gasteiger partial charge on any atom is 0.350 e. The van der Waals surface area contributed by atoms with Crippen molar-refractivity contribution < 1.29 is 9.53 Å². The van der Waals surface area contributed by atoms with Crippen molar-refractivity contribution in [3.63, 3.8) is 0 Å². The van der Waals surface area contributed by atoms with Gasteiger partial charge < -0.3 is 9.72 Å². The average Bonchev–Trinajstić information content (AvgIpc) is 3.14. The first-order valence-electron chi connectivity index (χ1n) is 9.06. The Morgan fingerprint density at radius 1 is 1.37 bits per heavy atom. The van der Waals surface area contributed by atoms with Crippen LogP contribution in [0.4, 0.5) is 0 Å². The van der Waals surface area contributed by atoms with Gasteiger partial charge in [0.05, 0.1) is 17.9 Å². The van der Waals surface area contributed by atoms with E-state index in [-0.39, 0.29) is 5.97 Å². The molecule has 0 saturated carbocycles. The van der Waals surface area contributed by atoms with Crippen molar-refractivity contribution >= 4 is 28.2 Å². The van der Waals surface area contributed by atoms with E-state index in [0.29, 0.717) is 28.7 Å². The van der Waals surface area contributed by atoms with E-state index in [2.05, 4.69) is 29.9 Å². The van der Waals surface area contributed by atoms with E-state index in [1.807, 2.05) is 26.0 Å². The number of aromatic nitrogens is 2. The number of ether oxygens (including phenoxy) is 1. The molecule has 27 heavy (non-hydrogen) atoms. The van der Waals surface area contributed by atoms with Crippen LogP contribution in [-0.4, -0.2) is 22.5 Å². The van der Waals surface area contributed by atoms with Gasteiger partial charge in [0.1, 0.15) is 16.0 Å². The van der Waals surface area contributed by atoms with Gasteiger partial charge in [0.15, 0.2) is 0 Å². The number of carbonyl (C=O) groups excluding carboxylic acids is 1. The van der Waals surface area contributed by atoms with Crippen LogP contribution in [0.25, 0.3) is 21.5 Å². The summed E-state index contributed by atoms with van der Waals surface area (Å²) in [6.45, 7) is 10.2. The van der Waals surface area contributed by atoms with E-state index >= 15 is 0 Å². The van der Waals surface area contributed by atoms with E-state index < -0.39 is 0 Å². The molecule has 0 radical (unpaired) electrons. The van der Waals surface area contributed by atoms with Crippen LogP contribution in [0.1, 0.15) is 53.0 Å². The van der Waals surface area contributed by atoms with Crippen LogP contribution in [0.2, 0.25) is 0 Å². The Morgan fingerprint density at radius 3 is 2.74 bits per heavy atom. The standard InChI is InChI=1S/C21H23N3O2S/c1-6-26-21(25)19-13(5)24-20(27-19)14-7-8-17-18(15(14)9-11(2)3)16(10-22)12(4)23-17/h7-8,11,23H,6,9H2,1-5H3. The fourth-order valence-electron chi connectivity index (χ4n) is 3.35. The third-order valence-electron chi connectivity index (χ3n) is 4.47. The number of esters is 1. The van der Waals surface area contributed by atoms with Crippen LogP contribution in [0.5, 0.6) is 0 Å². The van der Waals surface area contributed by atoms with Gasteiger partial charge in [0, 0.05) is 22.2 Å². The van der Waals surface area contributed by atoms with E-state index in [1.165, 1.54) is 11.3 Å². The fourth-order valence-corrected chi connectivity index (χ4v) is 4.36. The lowest BCUT2D eigenvalue weighted by atomic mass is 9.93. The minimum absolute atomic E-state index is 0.333. The molecule has 0 aliphatic carbocycles. The van der Waals surface area contributed by atoms with Gasteiger partial charge in [-0.2, -0.15) is 5.26 Å². The predicted molar refractivity (Wildman–Crippen MR) is 108 cm³/mol. The predicted octanol–water partition coefficient (Wildman–Crippen LogP) is 5.16. The highest BCUT2D eigenvalue weighted by atomic mass is 32.1. The zero-order valence-electron chi connectivity index (χ0n) is 16.3. The van der Waals surface area contributed by atoms with Crippen molar-refractivity contribution in [1.29, 1.82) is 5.26 Å². The summed E-state index contributed by atoms with van der Waals surface area (Å²) in [5.41, 5.74) is 5.28. The fraction of sp³-hybridized carbons (Fsp3) is 0.381.